The SMILES string of the molecule is C=CC=CCC1(O)CCC(C=C(C)C2OC(=O)C3CCCCN3C(=O)C(=O)C3(O)OC(C(OC)CC(C)C/C(C)=C/C(CC=C)C(=O)CC(O)C2C)C(OC)CC3C)CC1OC. The number of methoxy groups -OCH3 is 3. The average Bonchev–Trinajstić information content (AvgIpc) is 3.24. The number of aliphatic hydroxyl groups is 3. The minimum absolute atomic E-state index is 0.000280. The number of Topliss-reactive ketones (excluding diaryl/α,β-unsaturated/α-hetero) is 2. The molecule has 3 fully saturated rings. The Kier molecular flexibility index (Phi) is 19.1. The number of aliphatic hydroxyl groups excluding tert-OH is 1. The van der Waals surface area contributed by atoms with Gasteiger partial charge in [0.1, 0.15) is 24.0 Å². The van der Waals surface area contributed by atoms with Crippen LogP contribution in [0.15, 0.2) is 60.8 Å². The fraction of sp³-hybridized carbons (Fsp3) is 0.714. The normalized spacial score (nSPS) is 39.9. The molecule has 1 aliphatic carbocycles. The second-order valence-corrected chi connectivity index (χ2v) is 18.6. The molecule has 4 aliphatic rings. The molecule has 348 valence electrons. The predicted molar refractivity (Wildman–Crippen MR) is 235 cm³/mol. The molecule has 13 heteroatoms. The Morgan fingerprint density at radius 3 is 2.31 bits per heavy atom. The number of hydrogen-bond acceptors (Lipinski definition) is 12. The van der Waals surface area contributed by atoms with Crippen LogP contribution in [0.25, 0.3) is 0 Å². The molecule has 14 atom stereocenters. The van der Waals surface area contributed by atoms with E-state index in [0.717, 1.165) is 5.57 Å². The summed E-state index contributed by atoms with van der Waals surface area (Å²) in [5, 5.41) is 35.4. The van der Waals surface area contributed by atoms with Crippen LogP contribution in [0.1, 0.15) is 112 Å². The molecule has 2 saturated heterocycles. The number of allylic oxidation sites excluding steroid dienone is 6. The lowest BCUT2D eigenvalue weighted by Gasteiger charge is -2.47. The van der Waals surface area contributed by atoms with Crippen molar-refractivity contribution in [2.45, 2.75) is 166 Å². The van der Waals surface area contributed by atoms with Gasteiger partial charge in [-0.1, -0.05) is 69.4 Å². The molecule has 1 saturated carbocycles. The number of cyclic esters (lactones) is 1. The van der Waals surface area contributed by atoms with E-state index in [1.807, 2.05) is 39.0 Å². The number of piperidine rings is 1. The lowest BCUT2D eigenvalue weighted by Crippen LogP contribution is -2.64. The number of nitrogens with zero attached hydrogens (tertiary/aromatic N) is 1. The van der Waals surface area contributed by atoms with Gasteiger partial charge in [-0.05, 0) is 102 Å². The molecule has 13 nitrogen and oxygen atoms in total. The van der Waals surface area contributed by atoms with Gasteiger partial charge in [0.2, 0.25) is 5.79 Å². The van der Waals surface area contributed by atoms with Gasteiger partial charge in [0.15, 0.2) is 0 Å². The molecule has 3 heterocycles. The molecule has 62 heavy (non-hydrogen) atoms. The van der Waals surface area contributed by atoms with Crippen molar-refractivity contribution in [2.24, 2.45) is 29.6 Å². The van der Waals surface area contributed by atoms with Gasteiger partial charge in [-0.3, -0.25) is 14.4 Å². The van der Waals surface area contributed by atoms with Crippen LogP contribution in [0.5, 0.6) is 0 Å². The Bertz CT molecular complexity index is 1670. The van der Waals surface area contributed by atoms with E-state index in [9.17, 15) is 34.5 Å². The largest absolute Gasteiger partial charge is 0.456 e. The van der Waals surface area contributed by atoms with Crippen molar-refractivity contribution >= 4 is 23.4 Å². The fourth-order valence-corrected chi connectivity index (χ4v) is 10.2. The molecule has 0 radical (unpaired) electrons. The maximum atomic E-state index is 14.5. The summed E-state index contributed by atoms with van der Waals surface area (Å²) in [7, 11) is 4.62. The molecule has 3 aliphatic heterocycles. The van der Waals surface area contributed by atoms with Crippen LogP contribution in [0, 0.1) is 29.6 Å². The predicted octanol–water partition coefficient (Wildman–Crippen LogP) is 6.14. The maximum absolute atomic E-state index is 14.5. The summed E-state index contributed by atoms with van der Waals surface area (Å²) in [6, 6.07) is -1.16. The van der Waals surface area contributed by atoms with Gasteiger partial charge < -0.3 is 43.9 Å². The highest BCUT2D eigenvalue weighted by atomic mass is 16.7. The molecule has 0 aromatic heterocycles. The van der Waals surface area contributed by atoms with E-state index in [2.05, 4.69) is 13.2 Å². The molecular formula is C49H75NO12. The van der Waals surface area contributed by atoms with Gasteiger partial charge >= 0.3 is 5.97 Å². The number of amides is 1. The number of fused-ring (bicyclic) bond motifs is 3. The van der Waals surface area contributed by atoms with Crippen molar-refractivity contribution in [3.05, 3.63) is 60.8 Å². The van der Waals surface area contributed by atoms with Crippen molar-refractivity contribution in [1.82, 2.24) is 4.90 Å². The molecule has 3 N–H and O–H groups in total. The van der Waals surface area contributed by atoms with E-state index < -0.39 is 89.5 Å². The third-order valence-corrected chi connectivity index (χ3v) is 13.9. The van der Waals surface area contributed by atoms with Gasteiger partial charge in [0.25, 0.3) is 11.7 Å². The standard InChI is InChI=1S/C49H75NO12/c1-11-13-15-20-48(56)21-19-35(28-42(48)60-10)26-32(5)43-34(7)38(51)29-39(52)36(17-12-2)24-30(3)23-31(4)25-40(58-8)44-41(59-9)27-33(6)49(57,62-44)45(53)46(54)50-22-16-14-18-37(50)47(55)61-43/h11-13,15,24,26,31,33-38,40-44,51,56-57H,1-2,14,16-23,25,27-29H2,3-10H3/b15-13?,30-24+,32-26?. The van der Waals surface area contributed by atoms with E-state index in [-0.39, 0.29) is 43.4 Å². The van der Waals surface area contributed by atoms with E-state index in [4.69, 9.17) is 23.7 Å². The van der Waals surface area contributed by atoms with Crippen molar-refractivity contribution in [1.29, 1.82) is 0 Å². The zero-order chi connectivity index (χ0) is 45.9. The van der Waals surface area contributed by atoms with Crippen molar-refractivity contribution in [3.63, 3.8) is 0 Å². The summed E-state index contributed by atoms with van der Waals surface area (Å²) in [5.74, 6) is -7.93. The number of ketones is 2. The number of esters is 1. The Hall–Kier alpha value is -3.30. The third kappa shape index (κ3) is 12.3. The first kappa shape index (κ1) is 51.3. The summed E-state index contributed by atoms with van der Waals surface area (Å²) < 4.78 is 30.1. The Morgan fingerprint density at radius 1 is 0.968 bits per heavy atom. The molecule has 0 aromatic carbocycles. The number of carbonyl (C=O) groups excluding carboxylic acids is 4. The summed E-state index contributed by atoms with van der Waals surface area (Å²) >= 11 is 0. The Morgan fingerprint density at radius 2 is 1.66 bits per heavy atom. The fourth-order valence-electron chi connectivity index (χ4n) is 10.2. The topological polar surface area (TPSA) is 178 Å². The van der Waals surface area contributed by atoms with Crippen LogP contribution < -0.4 is 0 Å². The number of rotatable bonds is 10. The highest BCUT2D eigenvalue weighted by Gasteiger charge is 2.56. The van der Waals surface area contributed by atoms with Gasteiger partial charge in [0, 0.05) is 52.0 Å². The summed E-state index contributed by atoms with van der Waals surface area (Å²) in [5.41, 5.74) is 0.509. The Balaban J connectivity index is 1.77. The van der Waals surface area contributed by atoms with Crippen LogP contribution >= 0.6 is 0 Å². The third-order valence-electron chi connectivity index (χ3n) is 13.9. The minimum Gasteiger partial charge on any atom is -0.456 e. The second-order valence-electron chi connectivity index (χ2n) is 18.6. The molecule has 0 spiro atoms. The monoisotopic (exact) mass is 870 g/mol. The summed E-state index contributed by atoms with van der Waals surface area (Å²) in [4.78, 5) is 58.3. The quantitative estimate of drug-likeness (QED) is 0.0991. The van der Waals surface area contributed by atoms with E-state index >= 15 is 0 Å². The zero-order valence-corrected chi connectivity index (χ0v) is 38.5. The molecule has 4 rings (SSSR count). The van der Waals surface area contributed by atoms with E-state index in [0.29, 0.717) is 63.4 Å². The summed E-state index contributed by atoms with van der Waals surface area (Å²) in [6.45, 7) is 16.8. The highest BCUT2D eigenvalue weighted by Crippen LogP contribution is 2.41. The van der Waals surface area contributed by atoms with Gasteiger partial charge in [-0.15, -0.1) is 6.58 Å². The van der Waals surface area contributed by atoms with Gasteiger partial charge in [0.05, 0.1) is 30.0 Å². The molecular weight excluding hydrogens is 795 g/mol. The average molecular weight is 870 g/mol. The second kappa shape index (κ2) is 23.1. The Labute approximate surface area is 369 Å². The van der Waals surface area contributed by atoms with Gasteiger partial charge in [-0.25, -0.2) is 4.79 Å². The lowest BCUT2D eigenvalue weighted by atomic mass is 9.74. The van der Waals surface area contributed by atoms with Crippen LogP contribution in [-0.4, -0.2) is 126 Å². The smallest absolute Gasteiger partial charge is 0.329 e. The first-order chi connectivity index (χ1) is 29.4. The first-order valence-corrected chi connectivity index (χ1v) is 22.6. The van der Waals surface area contributed by atoms with Crippen LogP contribution in [0.4, 0.5) is 0 Å². The number of hydrogen-bond donors (Lipinski definition) is 3. The van der Waals surface area contributed by atoms with Crippen molar-refractivity contribution in [3.8, 4) is 0 Å². The van der Waals surface area contributed by atoms with Crippen LogP contribution in [-0.2, 0) is 42.9 Å². The summed E-state index contributed by atoms with van der Waals surface area (Å²) in [6.07, 6.45) is 10.8. The van der Waals surface area contributed by atoms with Crippen molar-refractivity contribution < 1.29 is 58.2 Å². The molecule has 0 aromatic rings. The van der Waals surface area contributed by atoms with E-state index in [1.165, 1.54) is 19.1 Å². The molecule has 14 unspecified atom stereocenters. The van der Waals surface area contributed by atoms with Crippen molar-refractivity contribution in [2.75, 3.05) is 27.9 Å². The van der Waals surface area contributed by atoms with Gasteiger partial charge in [-0.2, -0.15) is 0 Å². The highest BCUT2D eigenvalue weighted by molar-refractivity contribution is 6.39. The molecule has 1 amide bonds. The van der Waals surface area contributed by atoms with Crippen LogP contribution in [0.2, 0.25) is 0 Å². The number of ether oxygens (including phenoxy) is 5. The van der Waals surface area contributed by atoms with Crippen LogP contribution in [0.3, 0.4) is 0 Å². The lowest BCUT2D eigenvalue weighted by molar-refractivity contribution is -0.302. The minimum atomic E-state index is -2.52. The molecule has 2 bridgehead atoms. The number of carbonyl (C=O) groups is 4. The maximum Gasteiger partial charge on any atom is 0.329 e. The first-order valence-electron chi connectivity index (χ1n) is 22.6. The van der Waals surface area contributed by atoms with E-state index in [1.54, 1.807) is 39.2 Å². The zero-order valence-electron chi connectivity index (χ0n) is 38.5.